The second-order valence-electron chi connectivity index (χ2n) is 4.86. The summed E-state index contributed by atoms with van der Waals surface area (Å²) in [6.07, 6.45) is 1.34. The number of hydrogen-bond donors (Lipinski definition) is 2. The van der Waals surface area contributed by atoms with Crippen LogP contribution in [0.15, 0.2) is 46.0 Å². The summed E-state index contributed by atoms with van der Waals surface area (Å²) in [7, 11) is 1.41. The molecule has 0 aliphatic carbocycles. The number of nitro groups is 1. The van der Waals surface area contributed by atoms with Crippen LogP contribution in [0.5, 0.6) is 17.2 Å². The van der Waals surface area contributed by atoms with Gasteiger partial charge in [0.1, 0.15) is 0 Å². The number of para-hydroxylation sites is 2. The second kappa shape index (κ2) is 8.81. The number of amides is 1. The Morgan fingerprint density at radius 2 is 2.12 bits per heavy atom. The van der Waals surface area contributed by atoms with Crippen LogP contribution in [-0.4, -0.2) is 35.9 Å². The van der Waals surface area contributed by atoms with Gasteiger partial charge in [-0.2, -0.15) is 5.10 Å². The first kappa shape index (κ1) is 19.2. The second-order valence-corrected chi connectivity index (χ2v) is 5.71. The first-order chi connectivity index (χ1) is 12.4. The SMILES string of the molecule is COc1cc(/C=N/NC(=O)COc2ccccc2[N+](=O)[O-])cc(Br)c1O. The van der Waals surface area contributed by atoms with Crippen molar-refractivity contribution in [2.45, 2.75) is 0 Å². The summed E-state index contributed by atoms with van der Waals surface area (Å²) in [6, 6.07) is 8.85. The number of nitrogens with one attached hydrogen (secondary N) is 1. The summed E-state index contributed by atoms with van der Waals surface area (Å²) in [4.78, 5) is 22.0. The number of ether oxygens (including phenoxy) is 2. The standard InChI is InChI=1S/C16H14BrN3O6/c1-25-14-7-10(6-11(17)16(14)22)8-18-19-15(21)9-26-13-5-3-2-4-12(13)20(23)24/h2-8,22H,9H2,1H3,(H,19,21)/b18-8+. The molecule has 0 fully saturated rings. The van der Waals surface area contributed by atoms with E-state index in [-0.39, 0.29) is 22.9 Å². The normalized spacial score (nSPS) is 10.5. The highest BCUT2D eigenvalue weighted by atomic mass is 79.9. The van der Waals surface area contributed by atoms with E-state index in [4.69, 9.17) is 9.47 Å². The van der Waals surface area contributed by atoms with Crippen LogP contribution < -0.4 is 14.9 Å². The Morgan fingerprint density at radius 1 is 1.38 bits per heavy atom. The van der Waals surface area contributed by atoms with Crippen LogP contribution in [0.25, 0.3) is 0 Å². The minimum absolute atomic E-state index is 0.0103. The van der Waals surface area contributed by atoms with Crippen molar-refractivity contribution < 1.29 is 24.3 Å². The number of phenolic OH excluding ortho intramolecular Hbond substituents is 1. The minimum Gasteiger partial charge on any atom is -0.503 e. The van der Waals surface area contributed by atoms with Crippen LogP contribution in [-0.2, 0) is 4.79 Å². The van der Waals surface area contributed by atoms with Gasteiger partial charge in [0.05, 0.1) is 22.7 Å². The van der Waals surface area contributed by atoms with Gasteiger partial charge in [-0.15, -0.1) is 0 Å². The summed E-state index contributed by atoms with van der Waals surface area (Å²) in [5, 5.41) is 24.4. The lowest BCUT2D eigenvalue weighted by Crippen LogP contribution is -2.24. The Balaban J connectivity index is 1.94. The number of methoxy groups -OCH3 is 1. The molecule has 2 aromatic carbocycles. The fourth-order valence-corrected chi connectivity index (χ4v) is 2.37. The summed E-state index contributed by atoms with van der Waals surface area (Å²) < 4.78 is 10.6. The topological polar surface area (TPSA) is 123 Å². The Kier molecular flexibility index (Phi) is 6.50. The van der Waals surface area contributed by atoms with E-state index in [1.54, 1.807) is 12.1 Å². The van der Waals surface area contributed by atoms with Crippen LogP contribution in [0.1, 0.15) is 5.56 Å². The van der Waals surface area contributed by atoms with Crippen LogP contribution in [0, 0.1) is 10.1 Å². The van der Waals surface area contributed by atoms with Gasteiger partial charge in [-0.1, -0.05) is 12.1 Å². The van der Waals surface area contributed by atoms with Crippen molar-refractivity contribution in [2.75, 3.05) is 13.7 Å². The molecule has 9 nitrogen and oxygen atoms in total. The van der Waals surface area contributed by atoms with E-state index in [1.165, 1.54) is 37.6 Å². The quantitative estimate of drug-likeness (QED) is 0.400. The van der Waals surface area contributed by atoms with Gasteiger partial charge in [0.15, 0.2) is 23.9 Å². The lowest BCUT2D eigenvalue weighted by Gasteiger charge is -2.06. The van der Waals surface area contributed by atoms with Crippen molar-refractivity contribution in [2.24, 2.45) is 5.10 Å². The number of halogens is 1. The Labute approximate surface area is 156 Å². The van der Waals surface area contributed by atoms with E-state index in [1.807, 2.05) is 0 Å². The third-order valence-electron chi connectivity index (χ3n) is 3.09. The molecule has 136 valence electrons. The fraction of sp³-hybridized carbons (Fsp3) is 0.125. The number of phenols is 1. The smallest absolute Gasteiger partial charge is 0.310 e. The van der Waals surface area contributed by atoms with Crippen molar-refractivity contribution in [3.8, 4) is 17.2 Å². The summed E-state index contributed by atoms with van der Waals surface area (Å²) in [5.74, 6) is -0.411. The zero-order valence-corrected chi connectivity index (χ0v) is 15.1. The molecule has 0 heterocycles. The maximum atomic E-state index is 11.7. The molecule has 2 N–H and O–H groups in total. The van der Waals surface area contributed by atoms with E-state index in [0.29, 0.717) is 10.0 Å². The largest absolute Gasteiger partial charge is 0.503 e. The van der Waals surface area contributed by atoms with E-state index in [0.717, 1.165) is 0 Å². The average Bonchev–Trinajstić information content (AvgIpc) is 2.62. The number of carbonyl (C=O) groups is 1. The lowest BCUT2D eigenvalue weighted by molar-refractivity contribution is -0.385. The number of rotatable bonds is 7. The van der Waals surface area contributed by atoms with E-state index >= 15 is 0 Å². The fourth-order valence-electron chi connectivity index (χ4n) is 1.91. The van der Waals surface area contributed by atoms with Crippen LogP contribution in [0.4, 0.5) is 5.69 Å². The highest BCUT2D eigenvalue weighted by Gasteiger charge is 2.14. The maximum absolute atomic E-state index is 11.7. The molecule has 1 amide bonds. The van der Waals surface area contributed by atoms with Gasteiger partial charge in [-0.05, 0) is 39.7 Å². The van der Waals surface area contributed by atoms with E-state index < -0.39 is 17.4 Å². The van der Waals surface area contributed by atoms with Crippen molar-refractivity contribution in [1.29, 1.82) is 0 Å². The summed E-state index contributed by atoms with van der Waals surface area (Å²) >= 11 is 3.17. The van der Waals surface area contributed by atoms with Crippen molar-refractivity contribution in [3.05, 3.63) is 56.5 Å². The molecule has 0 aliphatic heterocycles. The van der Waals surface area contributed by atoms with Gasteiger partial charge < -0.3 is 14.6 Å². The predicted octanol–water partition coefficient (Wildman–Crippen LogP) is 2.60. The molecule has 0 atom stereocenters. The van der Waals surface area contributed by atoms with Crippen LogP contribution in [0.3, 0.4) is 0 Å². The van der Waals surface area contributed by atoms with Crippen molar-refractivity contribution >= 4 is 33.7 Å². The van der Waals surface area contributed by atoms with E-state index in [2.05, 4.69) is 26.5 Å². The molecule has 2 aromatic rings. The predicted molar refractivity (Wildman–Crippen MR) is 96.7 cm³/mol. The monoisotopic (exact) mass is 423 g/mol. The minimum atomic E-state index is -0.596. The number of hydrazone groups is 1. The Bertz CT molecular complexity index is 856. The lowest BCUT2D eigenvalue weighted by atomic mass is 10.2. The van der Waals surface area contributed by atoms with Gasteiger partial charge in [0, 0.05) is 6.07 Å². The van der Waals surface area contributed by atoms with Crippen molar-refractivity contribution in [3.63, 3.8) is 0 Å². The van der Waals surface area contributed by atoms with E-state index in [9.17, 15) is 20.0 Å². The molecular weight excluding hydrogens is 410 g/mol. The molecule has 26 heavy (non-hydrogen) atoms. The third-order valence-corrected chi connectivity index (χ3v) is 3.70. The van der Waals surface area contributed by atoms with Gasteiger partial charge in [-0.25, -0.2) is 5.43 Å². The molecule has 0 aromatic heterocycles. The maximum Gasteiger partial charge on any atom is 0.310 e. The number of hydrogen-bond acceptors (Lipinski definition) is 7. The van der Waals surface area contributed by atoms with Crippen molar-refractivity contribution in [1.82, 2.24) is 5.43 Å². The Morgan fingerprint density at radius 3 is 2.81 bits per heavy atom. The highest BCUT2D eigenvalue weighted by molar-refractivity contribution is 9.10. The molecule has 2 rings (SSSR count). The van der Waals surface area contributed by atoms with Crippen LogP contribution >= 0.6 is 15.9 Å². The molecule has 0 spiro atoms. The number of benzene rings is 2. The average molecular weight is 424 g/mol. The van der Waals surface area contributed by atoms with Crippen LogP contribution in [0.2, 0.25) is 0 Å². The summed E-state index contributed by atoms with van der Waals surface area (Å²) in [5.41, 5.74) is 2.57. The van der Waals surface area contributed by atoms with Gasteiger partial charge in [0.2, 0.25) is 0 Å². The van der Waals surface area contributed by atoms with Gasteiger partial charge in [-0.3, -0.25) is 14.9 Å². The first-order valence-corrected chi connectivity index (χ1v) is 7.96. The molecule has 0 saturated heterocycles. The first-order valence-electron chi connectivity index (χ1n) is 7.17. The number of aromatic hydroxyl groups is 1. The van der Waals surface area contributed by atoms with Gasteiger partial charge >= 0.3 is 5.69 Å². The molecule has 0 unspecified atom stereocenters. The number of nitro benzene ring substituents is 1. The third kappa shape index (κ3) is 4.93. The molecule has 0 bridgehead atoms. The zero-order valence-electron chi connectivity index (χ0n) is 13.5. The molecule has 0 radical (unpaired) electrons. The number of carbonyl (C=O) groups excluding carboxylic acids is 1. The molecular formula is C16H14BrN3O6. The number of nitrogens with zero attached hydrogens (tertiary/aromatic N) is 2. The Hall–Kier alpha value is -3.14. The molecule has 10 heteroatoms. The highest BCUT2D eigenvalue weighted by Crippen LogP contribution is 2.34. The van der Waals surface area contributed by atoms with Gasteiger partial charge in [0.25, 0.3) is 5.91 Å². The summed E-state index contributed by atoms with van der Waals surface area (Å²) in [6.45, 7) is -0.440. The zero-order chi connectivity index (χ0) is 19.1. The molecule has 0 saturated carbocycles. The molecule has 0 aliphatic rings.